The number of nitrogen functional groups attached to an aromatic ring is 1. The van der Waals surface area contributed by atoms with Gasteiger partial charge in [0, 0.05) is 21.5 Å². The standard InChI is InChI=1S/C18H12ClFN4S/c19-12-7-5-11(6-8-12)14-9-22-24(17(14)21)18-23-16(10-25-18)13-3-1-2-4-15(13)20/h1-10H,21H2. The number of thiazole rings is 1. The van der Waals surface area contributed by atoms with Crippen LogP contribution >= 0.6 is 22.9 Å². The smallest absolute Gasteiger partial charge is 0.212 e. The van der Waals surface area contributed by atoms with Crippen LogP contribution in [0.3, 0.4) is 0 Å². The Labute approximate surface area is 152 Å². The van der Waals surface area contributed by atoms with Gasteiger partial charge < -0.3 is 5.73 Å². The van der Waals surface area contributed by atoms with Crippen LogP contribution in [0.4, 0.5) is 10.2 Å². The number of halogens is 2. The second-order valence-corrected chi connectivity index (χ2v) is 6.63. The first-order valence-corrected chi connectivity index (χ1v) is 8.69. The molecule has 0 radical (unpaired) electrons. The lowest BCUT2D eigenvalue weighted by Gasteiger charge is -2.02. The van der Waals surface area contributed by atoms with Crippen molar-refractivity contribution in [3.8, 4) is 27.5 Å². The fraction of sp³-hybridized carbons (Fsp3) is 0. The van der Waals surface area contributed by atoms with Gasteiger partial charge in [-0.15, -0.1) is 11.3 Å². The third-order valence-electron chi connectivity index (χ3n) is 3.78. The van der Waals surface area contributed by atoms with Crippen molar-refractivity contribution in [2.24, 2.45) is 0 Å². The molecule has 0 spiro atoms. The van der Waals surface area contributed by atoms with E-state index in [0.29, 0.717) is 27.2 Å². The molecule has 0 bridgehead atoms. The second kappa shape index (κ2) is 6.31. The molecule has 25 heavy (non-hydrogen) atoms. The number of hydrogen-bond acceptors (Lipinski definition) is 4. The zero-order valence-corrected chi connectivity index (χ0v) is 14.4. The van der Waals surface area contributed by atoms with Gasteiger partial charge in [-0.05, 0) is 29.8 Å². The fourth-order valence-corrected chi connectivity index (χ4v) is 3.44. The van der Waals surface area contributed by atoms with E-state index in [0.717, 1.165) is 11.1 Å². The van der Waals surface area contributed by atoms with Gasteiger partial charge >= 0.3 is 0 Å². The minimum Gasteiger partial charge on any atom is -0.383 e. The Balaban J connectivity index is 1.72. The Morgan fingerprint density at radius 3 is 2.56 bits per heavy atom. The van der Waals surface area contributed by atoms with E-state index in [2.05, 4.69) is 10.1 Å². The summed E-state index contributed by atoms with van der Waals surface area (Å²) in [6.07, 6.45) is 1.68. The topological polar surface area (TPSA) is 56.7 Å². The van der Waals surface area contributed by atoms with Crippen molar-refractivity contribution in [2.75, 3.05) is 5.73 Å². The highest BCUT2D eigenvalue weighted by Gasteiger charge is 2.15. The van der Waals surface area contributed by atoms with E-state index in [1.54, 1.807) is 46.6 Å². The first-order chi connectivity index (χ1) is 12.1. The van der Waals surface area contributed by atoms with Gasteiger partial charge in [0.05, 0.1) is 11.9 Å². The van der Waals surface area contributed by atoms with Crippen molar-refractivity contribution in [2.45, 2.75) is 0 Å². The summed E-state index contributed by atoms with van der Waals surface area (Å²) in [6.45, 7) is 0. The molecule has 0 aliphatic heterocycles. The van der Waals surface area contributed by atoms with E-state index in [-0.39, 0.29) is 5.82 Å². The Morgan fingerprint density at radius 2 is 1.80 bits per heavy atom. The lowest BCUT2D eigenvalue weighted by Crippen LogP contribution is -2.02. The Bertz CT molecular complexity index is 1040. The Hall–Kier alpha value is -2.70. The largest absolute Gasteiger partial charge is 0.383 e. The molecule has 2 heterocycles. The number of benzene rings is 2. The maximum absolute atomic E-state index is 13.9. The molecule has 0 amide bonds. The summed E-state index contributed by atoms with van der Waals surface area (Å²) in [5, 5.41) is 7.35. The van der Waals surface area contributed by atoms with Crippen LogP contribution in [-0.4, -0.2) is 14.8 Å². The first kappa shape index (κ1) is 15.8. The Morgan fingerprint density at radius 1 is 1.04 bits per heavy atom. The third kappa shape index (κ3) is 2.90. The normalized spacial score (nSPS) is 11.0. The van der Waals surface area contributed by atoms with Gasteiger partial charge in [0.2, 0.25) is 5.13 Å². The number of anilines is 1. The highest BCUT2D eigenvalue weighted by atomic mass is 35.5. The number of rotatable bonds is 3. The summed E-state index contributed by atoms with van der Waals surface area (Å²) >= 11 is 7.28. The summed E-state index contributed by atoms with van der Waals surface area (Å²) < 4.78 is 15.5. The molecule has 2 N–H and O–H groups in total. The average molecular weight is 371 g/mol. The van der Waals surface area contributed by atoms with Gasteiger partial charge in [0.25, 0.3) is 0 Å². The summed E-state index contributed by atoms with van der Waals surface area (Å²) in [7, 11) is 0. The molecule has 0 fully saturated rings. The van der Waals surface area contributed by atoms with Crippen molar-refractivity contribution >= 4 is 28.8 Å². The molecule has 2 aromatic heterocycles. The predicted octanol–water partition coefficient (Wildman–Crippen LogP) is 5.04. The van der Waals surface area contributed by atoms with Crippen LogP contribution in [0.1, 0.15) is 0 Å². The summed E-state index contributed by atoms with van der Waals surface area (Å²) in [5.74, 6) is 0.159. The van der Waals surface area contributed by atoms with Crippen molar-refractivity contribution in [1.82, 2.24) is 14.8 Å². The molecule has 2 aromatic carbocycles. The van der Waals surface area contributed by atoms with E-state index in [1.807, 2.05) is 12.1 Å². The molecule has 7 heteroatoms. The number of nitrogens with zero attached hydrogens (tertiary/aromatic N) is 3. The highest BCUT2D eigenvalue weighted by molar-refractivity contribution is 7.12. The SMILES string of the molecule is Nc1c(-c2ccc(Cl)cc2)cnn1-c1nc(-c2ccccc2F)cs1. The van der Waals surface area contributed by atoms with Gasteiger partial charge in [-0.3, -0.25) is 0 Å². The summed E-state index contributed by atoms with van der Waals surface area (Å²) in [6, 6.07) is 13.9. The minimum atomic E-state index is -0.311. The molecule has 4 nitrogen and oxygen atoms in total. The van der Waals surface area contributed by atoms with Crippen molar-refractivity contribution in [1.29, 1.82) is 0 Å². The van der Waals surface area contributed by atoms with Crippen LogP contribution in [0.25, 0.3) is 27.5 Å². The van der Waals surface area contributed by atoms with Crippen LogP contribution < -0.4 is 5.73 Å². The molecule has 124 valence electrons. The van der Waals surface area contributed by atoms with Crippen LogP contribution in [0, 0.1) is 5.82 Å². The molecule has 0 aliphatic carbocycles. The van der Waals surface area contributed by atoms with E-state index in [4.69, 9.17) is 17.3 Å². The lowest BCUT2D eigenvalue weighted by atomic mass is 10.1. The summed E-state index contributed by atoms with van der Waals surface area (Å²) in [5.41, 5.74) is 8.96. The molecular formula is C18H12ClFN4S. The zero-order valence-electron chi connectivity index (χ0n) is 12.9. The highest BCUT2D eigenvalue weighted by Crippen LogP contribution is 2.31. The van der Waals surface area contributed by atoms with E-state index in [9.17, 15) is 4.39 Å². The zero-order chi connectivity index (χ0) is 17.4. The molecule has 0 unspecified atom stereocenters. The van der Waals surface area contributed by atoms with Gasteiger partial charge in [0.15, 0.2) is 0 Å². The molecule has 0 atom stereocenters. The minimum absolute atomic E-state index is 0.311. The number of aromatic nitrogens is 3. The predicted molar refractivity (Wildman–Crippen MR) is 99.5 cm³/mol. The Kier molecular flexibility index (Phi) is 3.99. The van der Waals surface area contributed by atoms with E-state index >= 15 is 0 Å². The second-order valence-electron chi connectivity index (χ2n) is 5.36. The van der Waals surface area contributed by atoms with Crippen LogP contribution in [0.2, 0.25) is 5.02 Å². The molecule has 0 aliphatic rings. The van der Waals surface area contributed by atoms with Crippen molar-refractivity contribution < 1.29 is 4.39 Å². The van der Waals surface area contributed by atoms with Gasteiger partial charge in [-0.1, -0.05) is 35.9 Å². The van der Waals surface area contributed by atoms with Gasteiger partial charge in [0.1, 0.15) is 11.6 Å². The van der Waals surface area contributed by atoms with Crippen LogP contribution in [0.15, 0.2) is 60.1 Å². The fourth-order valence-electron chi connectivity index (χ4n) is 2.52. The molecule has 0 saturated carbocycles. The van der Waals surface area contributed by atoms with Gasteiger partial charge in [-0.2, -0.15) is 9.78 Å². The first-order valence-electron chi connectivity index (χ1n) is 7.44. The van der Waals surface area contributed by atoms with E-state index < -0.39 is 0 Å². The maximum Gasteiger partial charge on any atom is 0.212 e. The quantitative estimate of drug-likeness (QED) is 0.549. The summed E-state index contributed by atoms with van der Waals surface area (Å²) in [4.78, 5) is 4.47. The number of nitrogens with two attached hydrogens (primary N) is 1. The monoisotopic (exact) mass is 370 g/mol. The molecule has 4 aromatic rings. The molecular weight excluding hydrogens is 359 g/mol. The average Bonchev–Trinajstić information content (AvgIpc) is 3.23. The lowest BCUT2D eigenvalue weighted by molar-refractivity contribution is 0.631. The van der Waals surface area contributed by atoms with Crippen LogP contribution in [0.5, 0.6) is 0 Å². The number of hydrogen-bond donors (Lipinski definition) is 1. The van der Waals surface area contributed by atoms with Crippen LogP contribution in [-0.2, 0) is 0 Å². The van der Waals surface area contributed by atoms with Crippen molar-refractivity contribution in [3.05, 3.63) is 70.9 Å². The van der Waals surface area contributed by atoms with Gasteiger partial charge in [-0.25, -0.2) is 9.37 Å². The van der Waals surface area contributed by atoms with Crippen molar-refractivity contribution in [3.63, 3.8) is 0 Å². The molecule has 4 rings (SSSR count). The van der Waals surface area contributed by atoms with E-state index in [1.165, 1.54) is 17.4 Å². The third-order valence-corrected chi connectivity index (χ3v) is 4.85. The maximum atomic E-state index is 13.9. The molecule has 0 saturated heterocycles.